The van der Waals surface area contributed by atoms with Crippen molar-refractivity contribution in [3.8, 4) is 0 Å². The van der Waals surface area contributed by atoms with Crippen LogP contribution in [0.2, 0.25) is 0 Å². The number of likely N-dealkylation sites (N-methyl/N-ethyl adjacent to an activating group) is 1. The highest BCUT2D eigenvalue weighted by molar-refractivity contribution is 7.89. The van der Waals surface area contributed by atoms with Gasteiger partial charge in [-0.15, -0.1) is 0 Å². The Balaban J connectivity index is 1.49. The summed E-state index contributed by atoms with van der Waals surface area (Å²) in [5.41, 5.74) is -0.0511. The van der Waals surface area contributed by atoms with Crippen LogP contribution in [0.3, 0.4) is 0 Å². The van der Waals surface area contributed by atoms with E-state index in [-0.39, 0.29) is 24.4 Å². The van der Waals surface area contributed by atoms with E-state index in [1.54, 1.807) is 34.7 Å². The number of anilines is 1. The van der Waals surface area contributed by atoms with Crippen molar-refractivity contribution in [3.05, 3.63) is 42.5 Å². The molecule has 5 atom stereocenters. The third-order valence-electron chi connectivity index (χ3n) is 7.75. The second-order valence-corrected chi connectivity index (χ2v) is 13.5. The summed E-state index contributed by atoms with van der Waals surface area (Å²) >= 11 is 0. The SMILES string of the molecule is CNC(C)C(=O)NC(C(=O)CS(=O)(=O)N1CCC2NCC(C(=O)Nc3ccc4ccccc4c3)C21)C(C)(C)C. The zero-order valence-corrected chi connectivity index (χ0v) is 24.0. The van der Waals surface area contributed by atoms with Crippen LogP contribution in [0.5, 0.6) is 0 Å². The van der Waals surface area contributed by atoms with Crippen molar-refractivity contribution in [2.45, 2.75) is 58.3 Å². The molecule has 2 heterocycles. The summed E-state index contributed by atoms with van der Waals surface area (Å²) in [5, 5.41) is 13.8. The van der Waals surface area contributed by atoms with Crippen molar-refractivity contribution in [1.82, 2.24) is 20.3 Å². The van der Waals surface area contributed by atoms with E-state index in [2.05, 4.69) is 21.3 Å². The van der Waals surface area contributed by atoms with Gasteiger partial charge in [0.25, 0.3) is 0 Å². The summed E-state index contributed by atoms with van der Waals surface area (Å²) in [7, 11) is -2.42. The van der Waals surface area contributed by atoms with E-state index in [0.717, 1.165) is 10.8 Å². The van der Waals surface area contributed by atoms with Crippen LogP contribution in [0.25, 0.3) is 10.8 Å². The maximum atomic E-state index is 13.6. The fraction of sp³-hybridized carbons (Fsp3) is 0.536. The molecule has 212 valence electrons. The third-order valence-corrected chi connectivity index (χ3v) is 9.54. The van der Waals surface area contributed by atoms with Crippen molar-refractivity contribution in [1.29, 1.82) is 0 Å². The molecule has 4 rings (SSSR count). The van der Waals surface area contributed by atoms with Gasteiger partial charge in [0, 0.05) is 24.8 Å². The van der Waals surface area contributed by atoms with E-state index in [9.17, 15) is 22.8 Å². The van der Waals surface area contributed by atoms with Crippen LogP contribution >= 0.6 is 0 Å². The molecule has 10 nitrogen and oxygen atoms in total. The van der Waals surface area contributed by atoms with Gasteiger partial charge in [-0.2, -0.15) is 4.31 Å². The molecule has 0 bridgehead atoms. The molecule has 0 spiro atoms. The van der Waals surface area contributed by atoms with Crippen LogP contribution in [0.15, 0.2) is 42.5 Å². The van der Waals surface area contributed by atoms with Gasteiger partial charge in [0.05, 0.1) is 24.0 Å². The number of sulfonamides is 1. The second kappa shape index (κ2) is 11.3. The lowest BCUT2D eigenvalue weighted by Crippen LogP contribution is -2.56. The number of Topliss-reactive ketones (excluding diaryl/α,β-unsaturated/α-hetero) is 1. The molecule has 39 heavy (non-hydrogen) atoms. The Kier molecular flexibility index (Phi) is 8.46. The van der Waals surface area contributed by atoms with Crippen LogP contribution in [0.1, 0.15) is 34.1 Å². The maximum Gasteiger partial charge on any atom is 0.237 e. The second-order valence-electron chi connectivity index (χ2n) is 11.6. The maximum absolute atomic E-state index is 13.6. The Labute approximate surface area is 230 Å². The van der Waals surface area contributed by atoms with Gasteiger partial charge in [-0.25, -0.2) is 8.42 Å². The Morgan fingerprint density at radius 1 is 1.10 bits per heavy atom. The summed E-state index contributed by atoms with van der Waals surface area (Å²) in [5.74, 6) is -2.57. The van der Waals surface area contributed by atoms with E-state index in [1.807, 2.05) is 42.5 Å². The molecule has 2 amide bonds. The zero-order valence-electron chi connectivity index (χ0n) is 23.2. The summed E-state index contributed by atoms with van der Waals surface area (Å²) in [6.45, 7) is 7.58. The molecule has 2 fully saturated rings. The fourth-order valence-corrected chi connectivity index (χ4v) is 7.23. The summed E-state index contributed by atoms with van der Waals surface area (Å²) in [4.78, 5) is 39.2. The molecule has 2 aliphatic heterocycles. The molecule has 2 aromatic carbocycles. The summed E-state index contributed by atoms with van der Waals surface area (Å²) in [6.07, 6.45) is 0.553. The Bertz CT molecular complexity index is 1360. The molecule has 0 aliphatic carbocycles. The first-order valence-corrected chi connectivity index (χ1v) is 15.0. The van der Waals surface area contributed by atoms with Crippen LogP contribution in [-0.2, 0) is 24.4 Å². The Hall–Kier alpha value is -2.86. The van der Waals surface area contributed by atoms with Crippen molar-refractivity contribution in [3.63, 3.8) is 0 Å². The number of nitrogens with zero attached hydrogens (tertiary/aromatic N) is 1. The molecule has 2 aromatic rings. The lowest BCUT2D eigenvalue weighted by atomic mass is 9.84. The predicted octanol–water partition coefficient (Wildman–Crippen LogP) is 1.48. The molecule has 11 heteroatoms. The monoisotopic (exact) mass is 557 g/mol. The van der Waals surface area contributed by atoms with E-state index in [4.69, 9.17) is 0 Å². The minimum Gasteiger partial charge on any atom is -0.344 e. The third kappa shape index (κ3) is 6.32. The van der Waals surface area contributed by atoms with E-state index >= 15 is 0 Å². The first kappa shape index (κ1) is 29.1. The summed E-state index contributed by atoms with van der Waals surface area (Å²) in [6, 6.07) is 11.2. The highest BCUT2D eigenvalue weighted by Crippen LogP contribution is 2.33. The summed E-state index contributed by atoms with van der Waals surface area (Å²) < 4.78 is 28.5. The standard InChI is InChI=1S/C28H39N5O5S/c1-17(29-5)26(35)32-25(28(2,3)4)23(34)16-39(37,38)33-13-12-22-24(33)21(15-30-22)27(36)31-20-11-10-18-8-6-7-9-19(18)14-20/h6-11,14,17,21-22,24-25,29-30H,12-13,15-16H2,1-5H3,(H,31,36)(H,32,35). The number of carbonyl (C=O) groups is 3. The van der Waals surface area contributed by atoms with E-state index in [1.165, 1.54) is 4.31 Å². The normalized spacial score (nSPS) is 23.3. The molecule has 0 saturated carbocycles. The fourth-order valence-electron chi connectivity index (χ4n) is 5.49. The number of hydrogen-bond donors (Lipinski definition) is 4. The molecular weight excluding hydrogens is 518 g/mol. The first-order chi connectivity index (χ1) is 18.3. The number of nitrogens with one attached hydrogen (secondary N) is 4. The lowest BCUT2D eigenvalue weighted by Gasteiger charge is -2.32. The van der Waals surface area contributed by atoms with Crippen LogP contribution < -0.4 is 21.3 Å². The smallest absolute Gasteiger partial charge is 0.237 e. The Morgan fingerprint density at radius 2 is 1.79 bits per heavy atom. The molecule has 2 aliphatic rings. The van der Waals surface area contributed by atoms with Gasteiger partial charge < -0.3 is 21.3 Å². The number of benzene rings is 2. The highest BCUT2D eigenvalue weighted by Gasteiger charge is 2.51. The highest BCUT2D eigenvalue weighted by atomic mass is 32.2. The number of carbonyl (C=O) groups excluding carboxylic acids is 3. The number of rotatable bonds is 9. The van der Waals surface area contributed by atoms with Crippen molar-refractivity contribution in [2.75, 3.05) is 31.2 Å². The topological polar surface area (TPSA) is 137 Å². The minimum absolute atomic E-state index is 0.170. The number of ketones is 1. The molecule has 0 radical (unpaired) electrons. The van der Waals surface area contributed by atoms with Crippen molar-refractivity contribution in [2.24, 2.45) is 11.3 Å². The van der Waals surface area contributed by atoms with Gasteiger partial charge in [0.2, 0.25) is 21.8 Å². The number of fused-ring (bicyclic) bond motifs is 2. The lowest BCUT2D eigenvalue weighted by molar-refractivity contribution is -0.129. The molecule has 5 unspecified atom stereocenters. The van der Waals surface area contributed by atoms with Crippen LogP contribution in [-0.4, -0.2) is 80.4 Å². The van der Waals surface area contributed by atoms with Crippen molar-refractivity contribution >= 4 is 44.1 Å². The van der Waals surface area contributed by atoms with Crippen molar-refractivity contribution < 1.29 is 22.8 Å². The van der Waals surface area contributed by atoms with Gasteiger partial charge in [-0.3, -0.25) is 14.4 Å². The molecule has 0 aromatic heterocycles. The minimum atomic E-state index is -4.05. The van der Waals surface area contributed by atoms with Gasteiger partial charge in [-0.05, 0) is 48.7 Å². The van der Waals surface area contributed by atoms with Gasteiger partial charge >= 0.3 is 0 Å². The average molecular weight is 558 g/mol. The first-order valence-electron chi connectivity index (χ1n) is 13.3. The van der Waals surface area contributed by atoms with Crippen LogP contribution in [0.4, 0.5) is 5.69 Å². The molecule has 2 saturated heterocycles. The van der Waals surface area contributed by atoms with Gasteiger partial charge in [-0.1, -0.05) is 51.1 Å². The van der Waals surface area contributed by atoms with E-state index in [0.29, 0.717) is 18.7 Å². The molecular formula is C28H39N5O5S. The average Bonchev–Trinajstić information content (AvgIpc) is 3.48. The zero-order chi connectivity index (χ0) is 28.5. The largest absolute Gasteiger partial charge is 0.344 e. The van der Waals surface area contributed by atoms with Gasteiger partial charge in [0.1, 0.15) is 5.75 Å². The molecule has 4 N–H and O–H groups in total. The number of amides is 2. The van der Waals surface area contributed by atoms with E-state index < -0.39 is 51.0 Å². The number of hydrogen-bond acceptors (Lipinski definition) is 7. The predicted molar refractivity (Wildman–Crippen MR) is 152 cm³/mol. The van der Waals surface area contributed by atoms with Crippen LogP contribution in [0, 0.1) is 11.3 Å². The Morgan fingerprint density at radius 3 is 2.46 bits per heavy atom. The van der Waals surface area contributed by atoms with Gasteiger partial charge in [0.15, 0.2) is 5.78 Å². The quantitative estimate of drug-likeness (QED) is 0.367.